The zero-order valence-corrected chi connectivity index (χ0v) is 11.0. The molecular weight excluding hydrogens is 224 g/mol. The van der Waals surface area contributed by atoms with Crippen LogP contribution < -0.4 is 5.32 Å². The first-order valence-electron chi connectivity index (χ1n) is 6.48. The van der Waals surface area contributed by atoms with E-state index in [2.05, 4.69) is 52.2 Å². The van der Waals surface area contributed by atoms with Crippen molar-refractivity contribution in [3.05, 3.63) is 48.3 Å². The monoisotopic (exact) mass is 244 g/mol. The molecule has 0 saturated carbocycles. The predicted octanol–water partition coefficient (Wildman–Crippen LogP) is 2.39. The van der Waals surface area contributed by atoms with Crippen LogP contribution in [0.4, 0.5) is 0 Å². The van der Waals surface area contributed by atoms with Crippen LogP contribution >= 0.6 is 0 Å². The van der Waals surface area contributed by atoms with Gasteiger partial charge in [0.05, 0.1) is 6.54 Å². The molecule has 0 bridgehead atoms. The van der Waals surface area contributed by atoms with Crippen molar-refractivity contribution in [2.45, 2.75) is 32.9 Å². The lowest BCUT2D eigenvalue weighted by atomic mass is 10.1. The zero-order valence-electron chi connectivity index (χ0n) is 11.0. The summed E-state index contributed by atoms with van der Waals surface area (Å²) in [6, 6.07) is 4.44. The van der Waals surface area contributed by atoms with Gasteiger partial charge in [-0.2, -0.15) is 0 Å². The second kappa shape index (κ2) is 6.31. The summed E-state index contributed by atoms with van der Waals surface area (Å²) >= 11 is 0. The fourth-order valence-electron chi connectivity index (χ4n) is 2.08. The van der Waals surface area contributed by atoms with Crippen LogP contribution in [0.25, 0.3) is 0 Å². The smallest absolute Gasteiger partial charge is 0.147 e. The lowest BCUT2D eigenvalue weighted by Gasteiger charge is -2.13. The lowest BCUT2D eigenvalue weighted by molar-refractivity contribution is 0.536. The van der Waals surface area contributed by atoms with E-state index in [0.29, 0.717) is 6.04 Å². The Morgan fingerprint density at radius 2 is 2.06 bits per heavy atom. The molecule has 1 atom stereocenters. The summed E-state index contributed by atoms with van der Waals surface area (Å²) in [5.41, 5.74) is 1.33. The van der Waals surface area contributed by atoms with Crippen LogP contribution in [-0.4, -0.2) is 21.1 Å². The van der Waals surface area contributed by atoms with Crippen molar-refractivity contribution in [1.82, 2.24) is 19.9 Å². The van der Waals surface area contributed by atoms with Gasteiger partial charge >= 0.3 is 0 Å². The van der Waals surface area contributed by atoms with Gasteiger partial charge in [-0.05, 0) is 30.7 Å². The number of rotatable bonds is 6. The van der Waals surface area contributed by atoms with Gasteiger partial charge in [-0.3, -0.25) is 0 Å². The van der Waals surface area contributed by atoms with E-state index in [-0.39, 0.29) is 0 Å². The molecule has 2 heterocycles. The summed E-state index contributed by atoms with van der Waals surface area (Å²) in [5, 5.41) is 3.48. The van der Waals surface area contributed by atoms with Crippen molar-refractivity contribution >= 4 is 0 Å². The summed E-state index contributed by atoms with van der Waals surface area (Å²) < 4.78 is 2.13. The molecule has 2 aromatic heterocycles. The molecule has 2 rings (SSSR count). The molecule has 0 aliphatic rings. The molecule has 0 saturated heterocycles. The first-order valence-corrected chi connectivity index (χ1v) is 6.48. The Balaban J connectivity index is 2.06. The molecule has 4 heteroatoms. The number of aromatic nitrogens is 3. The molecule has 2 aromatic rings. The van der Waals surface area contributed by atoms with Crippen molar-refractivity contribution < 1.29 is 0 Å². The van der Waals surface area contributed by atoms with Crippen molar-refractivity contribution in [1.29, 1.82) is 0 Å². The first-order chi connectivity index (χ1) is 8.83. The van der Waals surface area contributed by atoms with Crippen molar-refractivity contribution in [2.75, 3.05) is 6.54 Å². The minimum Gasteiger partial charge on any atom is -0.346 e. The van der Waals surface area contributed by atoms with Gasteiger partial charge < -0.3 is 9.88 Å². The summed E-state index contributed by atoms with van der Waals surface area (Å²) in [7, 11) is 0. The van der Waals surface area contributed by atoms with Gasteiger partial charge in [0, 0.05) is 30.8 Å². The maximum Gasteiger partial charge on any atom is 0.147 e. The molecule has 1 N–H and O–H groups in total. The zero-order chi connectivity index (χ0) is 12.8. The predicted molar refractivity (Wildman–Crippen MR) is 72.3 cm³/mol. The Hall–Kier alpha value is -1.68. The maximum atomic E-state index is 4.24. The van der Waals surface area contributed by atoms with Gasteiger partial charge in [0.25, 0.3) is 0 Å². The Kier molecular flexibility index (Phi) is 4.47. The summed E-state index contributed by atoms with van der Waals surface area (Å²) in [6.45, 7) is 6.05. The Morgan fingerprint density at radius 1 is 1.28 bits per heavy atom. The average Bonchev–Trinajstić information content (AvgIpc) is 2.85. The first kappa shape index (κ1) is 12.8. The molecule has 0 fully saturated rings. The van der Waals surface area contributed by atoms with Crippen LogP contribution in [0.3, 0.4) is 0 Å². The number of nitrogens with zero attached hydrogens (tertiary/aromatic N) is 3. The van der Waals surface area contributed by atoms with E-state index in [1.807, 2.05) is 6.07 Å². The highest BCUT2D eigenvalue weighted by Gasteiger charge is 2.09. The molecule has 0 amide bonds. The van der Waals surface area contributed by atoms with E-state index >= 15 is 0 Å². The van der Waals surface area contributed by atoms with Crippen molar-refractivity contribution in [3.8, 4) is 0 Å². The molecule has 0 spiro atoms. The number of nitrogens with one attached hydrogen (secondary N) is 1. The normalized spacial score (nSPS) is 12.6. The van der Waals surface area contributed by atoms with Crippen molar-refractivity contribution in [2.24, 2.45) is 0 Å². The lowest BCUT2D eigenvalue weighted by Crippen LogP contribution is -2.19. The molecular formula is C14H20N4. The Morgan fingerprint density at radius 3 is 2.72 bits per heavy atom. The van der Waals surface area contributed by atoms with Crippen molar-refractivity contribution in [3.63, 3.8) is 0 Å². The Labute approximate surface area is 108 Å². The second-order valence-corrected chi connectivity index (χ2v) is 4.30. The van der Waals surface area contributed by atoms with Gasteiger partial charge in [0.1, 0.15) is 5.82 Å². The minimum absolute atomic E-state index is 0.438. The van der Waals surface area contributed by atoms with Gasteiger partial charge in [0.15, 0.2) is 0 Å². The molecule has 1 unspecified atom stereocenters. The quantitative estimate of drug-likeness (QED) is 0.848. The molecule has 0 aliphatic carbocycles. The van der Waals surface area contributed by atoms with E-state index in [9.17, 15) is 0 Å². The maximum absolute atomic E-state index is 4.24. The fraction of sp³-hybridized carbons (Fsp3) is 0.429. The fourth-order valence-corrected chi connectivity index (χ4v) is 2.08. The standard InChI is InChI=1S/C14H20N4/c1-3-13(15-4-2)12-6-9-18(10-12)11-14-16-7-5-8-17-14/h5-10,13,15H,3-4,11H2,1-2H3. The van der Waals surface area contributed by atoms with E-state index in [1.54, 1.807) is 12.4 Å². The average molecular weight is 244 g/mol. The van der Waals surface area contributed by atoms with E-state index < -0.39 is 0 Å². The third kappa shape index (κ3) is 3.17. The third-order valence-corrected chi connectivity index (χ3v) is 2.98. The van der Waals surface area contributed by atoms with Gasteiger partial charge in [-0.1, -0.05) is 13.8 Å². The topological polar surface area (TPSA) is 42.7 Å². The van der Waals surface area contributed by atoms with Crippen LogP contribution in [0.15, 0.2) is 36.9 Å². The molecule has 0 radical (unpaired) electrons. The highest BCUT2D eigenvalue weighted by molar-refractivity contribution is 5.16. The van der Waals surface area contributed by atoms with Crippen LogP contribution in [0.5, 0.6) is 0 Å². The van der Waals surface area contributed by atoms with E-state index in [4.69, 9.17) is 0 Å². The van der Waals surface area contributed by atoms with Gasteiger partial charge in [0.2, 0.25) is 0 Å². The third-order valence-electron chi connectivity index (χ3n) is 2.98. The summed E-state index contributed by atoms with van der Waals surface area (Å²) in [6.07, 6.45) is 8.92. The molecule has 96 valence electrons. The van der Waals surface area contributed by atoms with Crippen LogP contribution in [0.2, 0.25) is 0 Å². The SMILES string of the molecule is CCNC(CC)c1ccn(Cc2ncccn2)c1. The molecule has 18 heavy (non-hydrogen) atoms. The molecule has 4 nitrogen and oxygen atoms in total. The Bertz CT molecular complexity index is 464. The molecule has 0 aromatic carbocycles. The minimum atomic E-state index is 0.438. The van der Waals surface area contributed by atoms with E-state index in [1.165, 1.54) is 5.56 Å². The number of hydrogen-bond donors (Lipinski definition) is 1. The second-order valence-electron chi connectivity index (χ2n) is 4.30. The van der Waals surface area contributed by atoms with Crippen LogP contribution in [0.1, 0.15) is 37.7 Å². The highest BCUT2D eigenvalue weighted by atomic mass is 15.0. The summed E-state index contributed by atoms with van der Waals surface area (Å²) in [4.78, 5) is 8.47. The van der Waals surface area contributed by atoms with Crippen LogP contribution in [0, 0.1) is 0 Å². The largest absolute Gasteiger partial charge is 0.346 e. The van der Waals surface area contributed by atoms with Crippen LogP contribution in [-0.2, 0) is 6.54 Å². The van der Waals surface area contributed by atoms with Gasteiger partial charge in [-0.25, -0.2) is 9.97 Å². The van der Waals surface area contributed by atoms with E-state index in [0.717, 1.165) is 25.3 Å². The summed E-state index contributed by atoms with van der Waals surface area (Å²) in [5.74, 6) is 0.844. The highest BCUT2D eigenvalue weighted by Crippen LogP contribution is 2.16. The van der Waals surface area contributed by atoms with Gasteiger partial charge in [-0.15, -0.1) is 0 Å². The molecule has 0 aliphatic heterocycles. The number of hydrogen-bond acceptors (Lipinski definition) is 3.